The topological polar surface area (TPSA) is 17.3 Å². The van der Waals surface area contributed by atoms with E-state index in [2.05, 4.69) is 9.38 Å². The molecule has 3 rings (SSSR count). The van der Waals surface area contributed by atoms with Crippen LogP contribution in [0, 0.1) is 6.92 Å². The minimum atomic E-state index is 0.759. The predicted molar refractivity (Wildman–Crippen MR) is 75.5 cm³/mol. The number of halogens is 1. The molecule has 0 aliphatic carbocycles. The van der Waals surface area contributed by atoms with Crippen molar-refractivity contribution in [3.63, 3.8) is 0 Å². The van der Waals surface area contributed by atoms with Crippen molar-refractivity contribution in [1.29, 1.82) is 0 Å². The summed E-state index contributed by atoms with van der Waals surface area (Å²) >= 11 is 7.59. The molecule has 2 aromatic heterocycles. The summed E-state index contributed by atoms with van der Waals surface area (Å²) in [6.07, 6.45) is 2.04. The molecule has 0 unspecified atom stereocenters. The predicted octanol–water partition coefficient (Wildman–Crippen LogP) is 4.45. The third-order valence-electron chi connectivity index (χ3n) is 2.68. The molecule has 4 heteroatoms. The Balaban J connectivity index is 2.04. The number of pyridine rings is 1. The highest BCUT2D eigenvalue weighted by atomic mass is 35.5. The Bertz CT molecular complexity index is 689. The number of nitrogens with zero attached hydrogens (tertiary/aromatic N) is 2. The van der Waals surface area contributed by atoms with Crippen LogP contribution < -0.4 is 0 Å². The van der Waals surface area contributed by atoms with Crippen LogP contribution >= 0.6 is 23.4 Å². The third-order valence-corrected chi connectivity index (χ3v) is 4.12. The molecule has 1 aromatic carbocycles. The van der Waals surface area contributed by atoms with Crippen molar-refractivity contribution in [3.8, 4) is 0 Å². The highest BCUT2D eigenvalue weighted by molar-refractivity contribution is 7.99. The van der Waals surface area contributed by atoms with Gasteiger partial charge in [-0.1, -0.05) is 29.4 Å². The van der Waals surface area contributed by atoms with Crippen molar-refractivity contribution >= 4 is 29.0 Å². The molecule has 0 amide bonds. The van der Waals surface area contributed by atoms with Gasteiger partial charge in [0, 0.05) is 16.1 Å². The summed E-state index contributed by atoms with van der Waals surface area (Å²) in [5, 5.41) is 1.90. The second-order valence-corrected chi connectivity index (χ2v) is 5.49. The lowest BCUT2D eigenvalue weighted by molar-refractivity contribution is 1.02. The SMILES string of the molecule is Cc1nc2ccccn2c1Sc1ccc(Cl)cc1. The van der Waals surface area contributed by atoms with E-state index >= 15 is 0 Å². The van der Waals surface area contributed by atoms with Gasteiger partial charge in [-0.15, -0.1) is 0 Å². The molecule has 0 atom stereocenters. The molecule has 0 fully saturated rings. The highest BCUT2D eigenvalue weighted by Crippen LogP contribution is 2.31. The van der Waals surface area contributed by atoms with Crippen LogP contribution in [-0.4, -0.2) is 9.38 Å². The molecule has 0 radical (unpaired) electrons. The molecule has 0 saturated carbocycles. The van der Waals surface area contributed by atoms with Crippen LogP contribution in [0.25, 0.3) is 5.65 Å². The second kappa shape index (κ2) is 4.67. The van der Waals surface area contributed by atoms with Gasteiger partial charge in [0.15, 0.2) is 0 Å². The Hall–Kier alpha value is -1.45. The number of fused-ring (bicyclic) bond motifs is 1. The second-order valence-electron chi connectivity index (χ2n) is 3.99. The number of aryl methyl sites for hydroxylation is 1. The third kappa shape index (κ3) is 2.11. The van der Waals surface area contributed by atoms with Crippen molar-refractivity contribution < 1.29 is 0 Å². The molecule has 18 heavy (non-hydrogen) atoms. The Kier molecular flexibility index (Phi) is 3.02. The van der Waals surface area contributed by atoms with Crippen molar-refractivity contribution in [3.05, 3.63) is 59.4 Å². The zero-order valence-electron chi connectivity index (χ0n) is 9.80. The van der Waals surface area contributed by atoms with E-state index in [1.54, 1.807) is 11.8 Å². The lowest BCUT2D eigenvalue weighted by atomic mass is 10.4. The van der Waals surface area contributed by atoms with Crippen LogP contribution in [0.5, 0.6) is 0 Å². The summed E-state index contributed by atoms with van der Waals surface area (Å²) in [6, 6.07) is 13.9. The van der Waals surface area contributed by atoms with Crippen molar-refractivity contribution in [1.82, 2.24) is 9.38 Å². The minimum Gasteiger partial charge on any atom is -0.294 e. The van der Waals surface area contributed by atoms with Crippen molar-refractivity contribution in [2.45, 2.75) is 16.8 Å². The molecular formula is C14H11ClN2S. The monoisotopic (exact) mass is 274 g/mol. The summed E-state index contributed by atoms with van der Waals surface area (Å²) in [7, 11) is 0. The van der Waals surface area contributed by atoms with E-state index in [0.717, 1.165) is 26.3 Å². The van der Waals surface area contributed by atoms with Gasteiger partial charge < -0.3 is 0 Å². The number of benzene rings is 1. The molecule has 2 nitrogen and oxygen atoms in total. The van der Waals surface area contributed by atoms with Gasteiger partial charge in [-0.25, -0.2) is 4.98 Å². The number of aromatic nitrogens is 2. The molecule has 0 N–H and O–H groups in total. The molecule has 90 valence electrons. The summed E-state index contributed by atoms with van der Waals surface area (Å²) in [6.45, 7) is 2.03. The first kappa shape index (κ1) is 11.6. The van der Waals surface area contributed by atoms with Gasteiger partial charge in [-0.2, -0.15) is 0 Å². The molecule has 0 aliphatic rings. The average molecular weight is 275 g/mol. The van der Waals surface area contributed by atoms with E-state index in [-0.39, 0.29) is 0 Å². The fourth-order valence-corrected chi connectivity index (χ4v) is 2.90. The van der Waals surface area contributed by atoms with E-state index in [1.807, 2.05) is 55.6 Å². The Morgan fingerprint density at radius 3 is 2.67 bits per heavy atom. The molecule has 0 bridgehead atoms. The maximum Gasteiger partial charge on any atom is 0.137 e. The maximum atomic E-state index is 5.89. The van der Waals surface area contributed by atoms with Crippen LogP contribution in [0.2, 0.25) is 5.02 Å². The van der Waals surface area contributed by atoms with Gasteiger partial charge in [0.05, 0.1) is 5.69 Å². The molecule has 0 saturated heterocycles. The number of hydrogen-bond acceptors (Lipinski definition) is 2. The summed E-state index contributed by atoms with van der Waals surface area (Å²) in [4.78, 5) is 5.70. The fourth-order valence-electron chi connectivity index (χ4n) is 1.83. The summed E-state index contributed by atoms with van der Waals surface area (Å²) in [5.41, 5.74) is 2.02. The first-order valence-corrected chi connectivity index (χ1v) is 6.80. The van der Waals surface area contributed by atoms with Crippen LogP contribution in [-0.2, 0) is 0 Å². The van der Waals surface area contributed by atoms with Crippen molar-refractivity contribution in [2.75, 3.05) is 0 Å². The highest BCUT2D eigenvalue weighted by Gasteiger charge is 2.09. The van der Waals surface area contributed by atoms with Crippen LogP contribution in [0.1, 0.15) is 5.69 Å². The van der Waals surface area contributed by atoms with Gasteiger partial charge in [0.1, 0.15) is 10.7 Å². The standard InChI is InChI=1S/C14H11ClN2S/c1-10-14(17-9-3-2-4-13(17)16-10)18-12-7-5-11(15)6-8-12/h2-9H,1H3. The van der Waals surface area contributed by atoms with Crippen LogP contribution in [0.15, 0.2) is 58.6 Å². The van der Waals surface area contributed by atoms with Gasteiger partial charge >= 0.3 is 0 Å². The Morgan fingerprint density at radius 2 is 1.89 bits per heavy atom. The van der Waals surface area contributed by atoms with Crippen molar-refractivity contribution in [2.24, 2.45) is 0 Å². The molecule has 2 heterocycles. The first-order chi connectivity index (χ1) is 8.74. The maximum absolute atomic E-state index is 5.89. The van der Waals surface area contributed by atoms with Crippen LogP contribution in [0.3, 0.4) is 0 Å². The van der Waals surface area contributed by atoms with Gasteiger partial charge in [0.2, 0.25) is 0 Å². The minimum absolute atomic E-state index is 0.759. The zero-order valence-corrected chi connectivity index (χ0v) is 11.4. The van der Waals surface area contributed by atoms with E-state index in [9.17, 15) is 0 Å². The Labute approximate surface area is 115 Å². The zero-order chi connectivity index (χ0) is 12.5. The lowest BCUT2D eigenvalue weighted by Gasteiger charge is -2.03. The number of rotatable bonds is 2. The quantitative estimate of drug-likeness (QED) is 0.687. The average Bonchev–Trinajstić information content (AvgIpc) is 2.69. The van der Waals surface area contributed by atoms with E-state index in [1.165, 1.54) is 0 Å². The normalized spacial score (nSPS) is 11.0. The van der Waals surface area contributed by atoms with Gasteiger partial charge in [0.25, 0.3) is 0 Å². The fraction of sp³-hybridized carbons (Fsp3) is 0.0714. The molecular weight excluding hydrogens is 264 g/mol. The molecule has 0 spiro atoms. The smallest absolute Gasteiger partial charge is 0.137 e. The van der Waals surface area contributed by atoms with Crippen LogP contribution in [0.4, 0.5) is 0 Å². The molecule has 3 aromatic rings. The van der Waals surface area contributed by atoms with E-state index in [0.29, 0.717) is 0 Å². The summed E-state index contributed by atoms with van der Waals surface area (Å²) < 4.78 is 2.11. The summed E-state index contributed by atoms with van der Waals surface area (Å²) in [5.74, 6) is 0. The first-order valence-electron chi connectivity index (χ1n) is 5.61. The number of imidazole rings is 1. The Morgan fingerprint density at radius 1 is 1.11 bits per heavy atom. The number of hydrogen-bond donors (Lipinski definition) is 0. The van der Waals surface area contributed by atoms with E-state index in [4.69, 9.17) is 11.6 Å². The van der Waals surface area contributed by atoms with E-state index < -0.39 is 0 Å². The van der Waals surface area contributed by atoms with Gasteiger partial charge in [-0.05, 0) is 43.3 Å². The van der Waals surface area contributed by atoms with Gasteiger partial charge in [-0.3, -0.25) is 4.40 Å². The largest absolute Gasteiger partial charge is 0.294 e. The lowest BCUT2D eigenvalue weighted by Crippen LogP contribution is -1.85. The molecule has 0 aliphatic heterocycles.